The summed E-state index contributed by atoms with van der Waals surface area (Å²) in [6.07, 6.45) is 0.951. The minimum absolute atomic E-state index is 0.0121. The van der Waals surface area contributed by atoms with Crippen molar-refractivity contribution in [3.05, 3.63) is 59.7 Å². The van der Waals surface area contributed by atoms with E-state index in [-0.39, 0.29) is 11.2 Å². The van der Waals surface area contributed by atoms with Crippen LogP contribution in [0.2, 0.25) is 0 Å². The Balaban J connectivity index is 1.57. The quantitative estimate of drug-likeness (QED) is 0.495. The van der Waals surface area contributed by atoms with Crippen molar-refractivity contribution in [3.63, 3.8) is 0 Å². The Hall–Kier alpha value is -2.69. The van der Waals surface area contributed by atoms with Gasteiger partial charge in [0.05, 0.1) is 18.6 Å². The van der Waals surface area contributed by atoms with E-state index in [9.17, 15) is 10.1 Å². The number of methoxy groups -OCH3 is 1. The number of nitrogens with one attached hydrogen (secondary N) is 1. The fraction of sp³-hybridized carbons (Fsp3) is 0.500. The molecule has 1 aliphatic rings. The number of rotatable bonds is 11. The first-order chi connectivity index (χ1) is 16.8. The Morgan fingerprint density at radius 3 is 2.51 bits per heavy atom. The maximum absolute atomic E-state index is 12.8. The number of carbonyl (C=O) groups is 1. The number of anilines is 1. The molecule has 1 amide bonds. The molecule has 2 aromatic rings. The van der Waals surface area contributed by atoms with Crippen molar-refractivity contribution in [2.75, 3.05) is 57.0 Å². The first-order valence-electron chi connectivity index (χ1n) is 12.4. The third-order valence-electron chi connectivity index (χ3n) is 6.28. The summed E-state index contributed by atoms with van der Waals surface area (Å²) in [6.45, 7) is 11.5. The van der Waals surface area contributed by atoms with Gasteiger partial charge in [0.25, 0.3) is 0 Å². The van der Waals surface area contributed by atoms with E-state index in [2.05, 4.69) is 51.5 Å². The van der Waals surface area contributed by atoms with Crippen LogP contribution in [-0.2, 0) is 11.2 Å². The molecule has 1 saturated heterocycles. The van der Waals surface area contributed by atoms with Gasteiger partial charge < -0.3 is 15.0 Å². The lowest BCUT2D eigenvalue weighted by Gasteiger charge is -2.36. The second-order valence-corrected chi connectivity index (χ2v) is 10.7. The summed E-state index contributed by atoms with van der Waals surface area (Å²) in [5.74, 6) is 1.50. The molecule has 0 bridgehead atoms. The summed E-state index contributed by atoms with van der Waals surface area (Å²) in [7, 11) is 1.69. The van der Waals surface area contributed by atoms with Gasteiger partial charge in [0.2, 0.25) is 5.91 Å². The monoisotopic (exact) mass is 494 g/mol. The first kappa shape index (κ1) is 26.9. The fourth-order valence-corrected chi connectivity index (χ4v) is 5.36. The third-order valence-corrected chi connectivity index (χ3v) is 7.99. The molecule has 6 nitrogen and oxygen atoms in total. The van der Waals surface area contributed by atoms with Crippen LogP contribution >= 0.6 is 11.8 Å². The van der Waals surface area contributed by atoms with Gasteiger partial charge in [-0.3, -0.25) is 9.69 Å². The summed E-state index contributed by atoms with van der Waals surface area (Å²) in [6, 6.07) is 19.0. The number of benzene rings is 2. The number of carbonyl (C=O) groups excluding carboxylic acids is 1. The molecule has 0 spiro atoms. The van der Waals surface area contributed by atoms with Crippen LogP contribution in [0.4, 0.5) is 5.69 Å². The minimum atomic E-state index is -0.471. The van der Waals surface area contributed by atoms with Crippen LogP contribution in [0.5, 0.6) is 5.75 Å². The van der Waals surface area contributed by atoms with E-state index in [0.29, 0.717) is 12.3 Å². The van der Waals surface area contributed by atoms with Crippen LogP contribution in [0.1, 0.15) is 37.1 Å². The SMILES string of the molecule is CCNC(=O)C(SCC(C)(C)C#N)c1cccc(CCN2CCN(c3ccc(OC)cc3)CC2)c1. The van der Waals surface area contributed by atoms with Crippen molar-refractivity contribution < 1.29 is 9.53 Å². The second kappa shape index (κ2) is 12.9. The normalized spacial score (nSPS) is 15.3. The first-order valence-corrected chi connectivity index (χ1v) is 13.4. The van der Waals surface area contributed by atoms with Crippen molar-refractivity contribution in [3.8, 4) is 11.8 Å². The van der Waals surface area contributed by atoms with Crippen LogP contribution in [0.3, 0.4) is 0 Å². The Kier molecular flexibility index (Phi) is 9.88. The van der Waals surface area contributed by atoms with Crippen molar-refractivity contribution in [1.82, 2.24) is 10.2 Å². The van der Waals surface area contributed by atoms with Gasteiger partial charge in [0.15, 0.2) is 0 Å². The van der Waals surface area contributed by atoms with Gasteiger partial charge >= 0.3 is 0 Å². The summed E-state index contributed by atoms with van der Waals surface area (Å²) >= 11 is 1.55. The summed E-state index contributed by atoms with van der Waals surface area (Å²) in [5.41, 5.74) is 3.03. The molecule has 1 fully saturated rings. The molecule has 1 atom stereocenters. The van der Waals surface area contributed by atoms with Crippen molar-refractivity contribution in [1.29, 1.82) is 5.26 Å². The molecular formula is C28H38N4O2S. The average molecular weight is 495 g/mol. The number of ether oxygens (including phenoxy) is 1. The summed E-state index contributed by atoms with van der Waals surface area (Å²) < 4.78 is 5.27. The number of nitrogens with zero attached hydrogens (tertiary/aromatic N) is 3. The Labute approximate surface area is 214 Å². The van der Waals surface area contributed by atoms with Gasteiger partial charge in [-0.25, -0.2) is 0 Å². The lowest BCUT2D eigenvalue weighted by atomic mass is 10.00. The molecule has 0 radical (unpaired) electrons. The Morgan fingerprint density at radius 1 is 1.17 bits per heavy atom. The van der Waals surface area contributed by atoms with Gasteiger partial charge in [0.1, 0.15) is 11.0 Å². The Morgan fingerprint density at radius 2 is 1.89 bits per heavy atom. The number of piperazine rings is 1. The second-order valence-electron chi connectivity index (χ2n) is 9.60. The molecule has 1 unspecified atom stereocenters. The van der Waals surface area contributed by atoms with Crippen molar-refractivity contribution in [2.45, 2.75) is 32.4 Å². The number of amides is 1. The number of thioether (sulfide) groups is 1. The molecule has 0 saturated carbocycles. The van der Waals surface area contributed by atoms with E-state index in [1.54, 1.807) is 18.9 Å². The molecular weight excluding hydrogens is 456 g/mol. The lowest BCUT2D eigenvalue weighted by molar-refractivity contribution is -0.120. The van der Waals surface area contributed by atoms with Crippen LogP contribution in [-0.4, -0.2) is 62.9 Å². The average Bonchev–Trinajstić information content (AvgIpc) is 2.88. The summed E-state index contributed by atoms with van der Waals surface area (Å²) in [4.78, 5) is 17.8. The van der Waals surface area contributed by atoms with Gasteiger partial charge in [-0.05, 0) is 62.6 Å². The van der Waals surface area contributed by atoms with E-state index in [4.69, 9.17) is 4.74 Å². The molecule has 35 heavy (non-hydrogen) atoms. The number of hydrogen-bond donors (Lipinski definition) is 1. The molecule has 1 heterocycles. The van der Waals surface area contributed by atoms with E-state index in [1.807, 2.05) is 39.0 Å². The zero-order valence-electron chi connectivity index (χ0n) is 21.4. The highest BCUT2D eigenvalue weighted by Crippen LogP contribution is 2.34. The predicted molar refractivity (Wildman–Crippen MR) is 145 cm³/mol. The zero-order chi connectivity index (χ0) is 25.3. The topological polar surface area (TPSA) is 68.6 Å². The molecule has 188 valence electrons. The van der Waals surface area contributed by atoms with E-state index < -0.39 is 5.41 Å². The maximum Gasteiger partial charge on any atom is 0.237 e. The molecule has 1 aliphatic heterocycles. The van der Waals surface area contributed by atoms with Crippen molar-refractivity contribution >= 4 is 23.4 Å². The molecule has 0 aromatic heterocycles. The highest BCUT2D eigenvalue weighted by molar-refractivity contribution is 8.00. The highest BCUT2D eigenvalue weighted by Gasteiger charge is 2.26. The molecule has 2 aromatic carbocycles. The highest BCUT2D eigenvalue weighted by atomic mass is 32.2. The molecule has 3 rings (SSSR count). The van der Waals surface area contributed by atoms with E-state index in [1.165, 1.54) is 11.3 Å². The molecule has 7 heteroatoms. The number of likely N-dealkylation sites (N-methyl/N-ethyl adjacent to an activating group) is 1. The van der Waals surface area contributed by atoms with Gasteiger partial charge in [-0.15, -0.1) is 11.8 Å². The van der Waals surface area contributed by atoms with Crippen LogP contribution in [0.25, 0.3) is 0 Å². The van der Waals surface area contributed by atoms with Crippen molar-refractivity contribution in [2.24, 2.45) is 5.41 Å². The fourth-order valence-electron chi connectivity index (χ4n) is 4.14. The van der Waals surface area contributed by atoms with E-state index >= 15 is 0 Å². The largest absolute Gasteiger partial charge is 0.497 e. The number of nitriles is 1. The van der Waals surface area contributed by atoms with Gasteiger partial charge in [-0.1, -0.05) is 24.3 Å². The minimum Gasteiger partial charge on any atom is -0.497 e. The third kappa shape index (κ3) is 7.91. The van der Waals surface area contributed by atoms with Crippen LogP contribution < -0.4 is 15.0 Å². The molecule has 0 aliphatic carbocycles. The predicted octanol–water partition coefficient (Wildman–Crippen LogP) is 4.52. The van der Waals surface area contributed by atoms with Crippen LogP contribution in [0, 0.1) is 16.7 Å². The Bertz CT molecular complexity index is 995. The van der Waals surface area contributed by atoms with E-state index in [0.717, 1.165) is 50.5 Å². The number of hydrogen-bond acceptors (Lipinski definition) is 6. The molecule has 1 N–H and O–H groups in total. The lowest BCUT2D eigenvalue weighted by Crippen LogP contribution is -2.47. The maximum atomic E-state index is 12.8. The van der Waals surface area contributed by atoms with Gasteiger partial charge in [-0.2, -0.15) is 5.26 Å². The van der Waals surface area contributed by atoms with Crippen LogP contribution in [0.15, 0.2) is 48.5 Å². The smallest absolute Gasteiger partial charge is 0.237 e. The summed E-state index contributed by atoms with van der Waals surface area (Å²) in [5, 5.41) is 12.0. The van der Waals surface area contributed by atoms with Gasteiger partial charge in [0, 0.05) is 50.7 Å². The zero-order valence-corrected chi connectivity index (χ0v) is 22.2. The standard InChI is InChI=1S/C28H38N4O2S/c1-5-30-27(33)26(35-21-28(2,3)20-29)23-8-6-7-22(19-23)13-14-31-15-17-32(18-16-31)24-9-11-25(34-4)12-10-24/h6-12,19,26H,5,13-18,21H2,1-4H3,(H,30,33).